The lowest BCUT2D eigenvalue weighted by Crippen LogP contribution is -2.54. The van der Waals surface area contributed by atoms with Crippen LogP contribution < -0.4 is 26.8 Å². The number of aromatic nitrogens is 2. The van der Waals surface area contributed by atoms with Gasteiger partial charge in [0, 0.05) is 28.3 Å². The van der Waals surface area contributed by atoms with E-state index in [1.54, 1.807) is 78.8 Å². The summed E-state index contributed by atoms with van der Waals surface area (Å²) in [6, 6.07) is 7.05. The van der Waals surface area contributed by atoms with Crippen molar-refractivity contribution in [3.05, 3.63) is 91.5 Å². The van der Waals surface area contributed by atoms with Gasteiger partial charge in [0.1, 0.15) is 36.7 Å². The molecule has 62 heavy (non-hydrogen) atoms. The Kier molecular flexibility index (Phi) is 11.6. The van der Waals surface area contributed by atoms with Gasteiger partial charge in [-0.25, -0.2) is 23.8 Å². The van der Waals surface area contributed by atoms with Crippen molar-refractivity contribution in [2.24, 2.45) is 5.92 Å². The highest BCUT2D eigenvalue weighted by atomic mass is 19.1. The number of pyridine rings is 2. The number of halogens is 1. The molecule has 2 aromatic carbocycles. The molecule has 4 atom stereocenters. The normalized spacial score (nSPS) is 18.4. The predicted molar refractivity (Wildman–Crippen MR) is 224 cm³/mol. The maximum absolute atomic E-state index is 15.3. The average molecular weight is 855 g/mol. The number of hydrogen-bond acceptors (Lipinski definition) is 11. The van der Waals surface area contributed by atoms with E-state index in [0.717, 1.165) is 5.56 Å². The van der Waals surface area contributed by atoms with Gasteiger partial charge in [-0.05, 0) is 100 Å². The van der Waals surface area contributed by atoms with E-state index in [2.05, 4.69) is 21.3 Å². The van der Waals surface area contributed by atoms with E-state index in [4.69, 9.17) is 19.2 Å². The topological polar surface area (TPSA) is 216 Å². The number of aliphatic hydroxyl groups is 1. The smallest absolute Gasteiger partial charge is 0.408 e. The Balaban J connectivity index is 1.03. The standard InChI is InChI=1S/C45H51FN6O10/c1-9-45(59)29-16-33-37-27(18-52(33)40(55)28(29)20-60-41(45)56)35-31(15-14-26-22(4)30(46)17-32(49-37)34(26)35)50-42(57)61-19-24-10-12-25(13-11-24)48-38(53)23(5)47-39(54)36(21(2)3)51-43(58)62-44(6,7)8/h10-13,16-17,21,23,31,36,59H,9,14-15,18-20H2,1-8H3,(H,47,54)(H,48,53)(H,50,57)(H,51,58)/t23-,31-,36-,45-/m0/s1. The minimum absolute atomic E-state index is 0.0218. The van der Waals surface area contributed by atoms with Crippen LogP contribution in [0.5, 0.6) is 0 Å². The Hall–Kier alpha value is -6.36. The van der Waals surface area contributed by atoms with Crippen molar-refractivity contribution in [3.8, 4) is 11.4 Å². The second-order valence-corrected chi connectivity index (χ2v) is 17.4. The number of benzene rings is 2. The van der Waals surface area contributed by atoms with E-state index < -0.39 is 70.7 Å². The highest BCUT2D eigenvalue weighted by molar-refractivity contribution is 5.98. The largest absolute Gasteiger partial charge is 0.458 e. The summed E-state index contributed by atoms with van der Waals surface area (Å²) in [5.41, 5.74) is 1.85. The fraction of sp³-hybridized carbons (Fsp3) is 0.444. The van der Waals surface area contributed by atoms with Crippen LogP contribution in [-0.2, 0) is 60.4 Å². The molecule has 16 nitrogen and oxygen atoms in total. The Bertz CT molecular complexity index is 2580. The number of fused-ring (bicyclic) bond motifs is 5. The predicted octanol–water partition coefficient (Wildman–Crippen LogP) is 5.43. The van der Waals surface area contributed by atoms with Crippen molar-refractivity contribution >= 4 is 46.6 Å². The number of rotatable bonds is 10. The fourth-order valence-corrected chi connectivity index (χ4v) is 8.30. The third-order valence-electron chi connectivity index (χ3n) is 11.6. The third-order valence-corrected chi connectivity index (χ3v) is 11.6. The zero-order valence-corrected chi connectivity index (χ0v) is 35.9. The van der Waals surface area contributed by atoms with Crippen molar-refractivity contribution < 1.29 is 47.7 Å². The molecule has 0 unspecified atom stereocenters. The Morgan fingerprint density at radius 3 is 2.39 bits per heavy atom. The van der Waals surface area contributed by atoms with Gasteiger partial charge in [-0.15, -0.1) is 0 Å². The summed E-state index contributed by atoms with van der Waals surface area (Å²) in [7, 11) is 0. The first-order chi connectivity index (χ1) is 29.2. The summed E-state index contributed by atoms with van der Waals surface area (Å²) in [4.78, 5) is 83.3. The molecule has 4 aromatic rings. The molecule has 1 aliphatic carbocycles. The van der Waals surface area contributed by atoms with Crippen molar-refractivity contribution in [3.63, 3.8) is 0 Å². The van der Waals surface area contributed by atoms with Crippen LogP contribution in [0.4, 0.5) is 19.7 Å². The van der Waals surface area contributed by atoms with E-state index >= 15 is 4.39 Å². The molecule has 3 aliphatic rings. The van der Waals surface area contributed by atoms with Gasteiger partial charge in [0.05, 0.1) is 35.1 Å². The van der Waals surface area contributed by atoms with Crippen LogP contribution >= 0.6 is 0 Å². The molecule has 2 aromatic heterocycles. The molecule has 5 N–H and O–H groups in total. The maximum atomic E-state index is 15.3. The minimum Gasteiger partial charge on any atom is -0.458 e. The SMILES string of the molecule is CC[C@@]1(O)C(=O)OCc2c1cc1n(c2=O)Cc2c-1nc1cc(F)c(C)c3c1c2[C@@H](NC(=O)OCc1ccc(NC(=O)[C@H](C)NC(=O)[C@@H](NC(=O)OC(C)(C)C)C(C)C)cc1)CC3. The highest BCUT2D eigenvalue weighted by Crippen LogP contribution is 2.46. The number of hydrogen-bond donors (Lipinski definition) is 5. The molecule has 0 saturated heterocycles. The average Bonchev–Trinajstić information content (AvgIpc) is 3.58. The number of ether oxygens (including phenoxy) is 3. The Morgan fingerprint density at radius 2 is 1.73 bits per heavy atom. The van der Waals surface area contributed by atoms with E-state index in [9.17, 15) is 33.9 Å². The number of alkyl carbamates (subject to hydrolysis) is 2. The van der Waals surface area contributed by atoms with Crippen LogP contribution in [0.15, 0.2) is 41.2 Å². The summed E-state index contributed by atoms with van der Waals surface area (Å²) in [6.07, 6.45) is -0.635. The Labute approximate surface area is 356 Å². The molecule has 0 spiro atoms. The molecule has 4 amide bonds. The van der Waals surface area contributed by atoms with Crippen LogP contribution in [0, 0.1) is 18.7 Å². The van der Waals surface area contributed by atoms with E-state index in [0.29, 0.717) is 63.1 Å². The van der Waals surface area contributed by atoms with Crippen LogP contribution in [0.3, 0.4) is 0 Å². The molecule has 7 rings (SSSR count). The van der Waals surface area contributed by atoms with Crippen molar-refractivity contribution in [1.29, 1.82) is 0 Å². The van der Waals surface area contributed by atoms with Gasteiger partial charge in [-0.3, -0.25) is 14.4 Å². The number of nitrogens with one attached hydrogen (secondary N) is 4. The molecule has 0 bridgehead atoms. The first-order valence-electron chi connectivity index (χ1n) is 20.6. The zero-order chi connectivity index (χ0) is 45.0. The highest BCUT2D eigenvalue weighted by Gasteiger charge is 2.46. The second-order valence-electron chi connectivity index (χ2n) is 17.4. The first kappa shape index (κ1) is 43.7. The molecule has 2 aliphatic heterocycles. The quantitative estimate of drug-likeness (QED) is 0.0882. The zero-order valence-electron chi connectivity index (χ0n) is 35.9. The number of aryl methyl sites for hydroxylation is 1. The number of cyclic esters (lactones) is 1. The van der Waals surface area contributed by atoms with Crippen LogP contribution in [-0.4, -0.2) is 62.3 Å². The van der Waals surface area contributed by atoms with Crippen molar-refractivity contribution in [2.45, 2.75) is 124 Å². The van der Waals surface area contributed by atoms with Gasteiger partial charge in [0.15, 0.2) is 5.60 Å². The molecule has 328 valence electrons. The summed E-state index contributed by atoms with van der Waals surface area (Å²) in [6.45, 7) is 13.2. The molecule has 0 radical (unpaired) electrons. The van der Waals surface area contributed by atoms with Gasteiger partial charge < -0.3 is 45.2 Å². The van der Waals surface area contributed by atoms with E-state index in [-0.39, 0.29) is 43.2 Å². The second kappa shape index (κ2) is 16.5. The number of esters is 1. The lowest BCUT2D eigenvalue weighted by Gasteiger charge is -2.31. The summed E-state index contributed by atoms with van der Waals surface area (Å²) < 4.78 is 33.0. The number of amides is 4. The number of anilines is 1. The van der Waals surface area contributed by atoms with Crippen molar-refractivity contribution in [2.75, 3.05) is 5.32 Å². The van der Waals surface area contributed by atoms with Gasteiger partial charge in [0.25, 0.3) is 5.56 Å². The molecule has 17 heteroatoms. The Morgan fingerprint density at radius 1 is 1.02 bits per heavy atom. The van der Waals surface area contributed by atoms with Gasteiger partial charge in [0.2, 0.25) is 11.8 Å². The van der Waals surface area contributed by atoms with Crippen LogP contribution in [0.2, 0.25) is 0 Å². The molecule has 4 heterocycles. The minimum atomic E-state index is -2.02. The fourth-order valence-electron chi connectivity index (χ4n) is 8.30. The number of nitrogens with zero attached hydrogens (tertiary/aromatic N) is 2. The molecular weight excluding hydrogens is 804 g/mol. The maximum Gasteiger partial charge on any atom is 0.408 e. The molecule has 0 saturated carbocycles. The van der Waals surface area contributed by atoms with Crippen molar-refractivity contribution in [1.82, 2.24) is 25.5 Å². The van der Waals surface area contributed by atoms with Crippen LogP contribution in [0.1, 0.15) is 106 Å². The van der Waals surface area contributed by atoms with E-state index in [1.807, 2.05) is 0 Å². The first-order valence-corrected chi connectivity index (χ1v) is 20.6. The van der Waals surface area contributed by atoms with E-state index in [1.165, 1.54) is 17.6 Å². The van der Waals surface area contributed by atoms with Gasteiger partial charge in [-0.2, -0.15) is 0 Å². The lowest BCUT2D eigenvalue weighted by molar-refractivity contribution is -0.172. The summed E-state index contributed by atoms with van der Waals surface area (Å²) in [5.74, 6) is -2.60. The molecular formula is C45H51FN6O10. The summed E-state index contributed by atoms with van der Waals surface area (Å²) in [5, 5.41) is 23.0. The monoisotopic (exact) mass is 854 g/mol. The third kappa shape index (κ3) is 8.20. The van der Waals surface area contributed by atoms with Crippen LogP contribution in [0.25, 0.3) is 22.3 Å². The number of carbonyl (C=O) groups excluding carboxylic acids is 5. The lowest BCUT2D eigenvalue weighted by atomic mass is 9.81. The number of carbonyl (C=O) groups is 5. The van der Waals surface area contributed by atoms with Gasteiger partial charge in [-0.1, -0.05) is 32.9 Å². The van der Waals surface area contributed by atoms with Gasteiger partial charge >= 0.3 is 18.2 Å². The summed E-state index contributed by atoms with van der Waals surface area (Å²) >= 11 is 0. The molecule has 0 fully saturated rings.